The molecule has 0 atom stereocenters. The lowest BCUT2D eigenvalue weighted by Crippen LogP contribution is -2.34. The average Bonchev–Trinajstić information content (AvgIpc) is 2.86. The van der Waals surface area contributed by atoms with E-state index in [1.807, 2.05) is 6.07 Å². The van der Waals surface area contributed by atoms with E-state index in [4.69, 9.17) is 17.3 Å². The minimum atomic E-state index is 0.744. The summed E-state index contributed by atoms with van der Waals surface area (Å²) in [5.74, 6) is 0.753. The highest BCUT2D eigenvalue weighted by atomic mass is 35.5. The summed E-state index contributed by atoms with van der Waals surface area (Å²) in [6.45, 7) is 6.74. The molecule has 0 radical (unpaired) electrons. The van der Waals surface area contributed by atoms with Gasteiger partial charge < -0.3 is 5.73 Å². The number of nitrogens with two attached hydrogens (primary N) is 1. The molecule has 1 aromatic rings. The predicted molar refractivity (Wildman–Crippen MR) is 88.0 cm³/mol. The fourth-order valence-corrected chi connectivity index (χ4v) is 3.35. The van der Waals surface area contributed by atoms with Crippen LogP contribution in [-0.4, -0.2) is 17.5 Å². The summed E-state index contributed by atoms with van der Waals surface area (Å²) >= 11 is 6.12. The summed E-state index contributed by atoms with van der Waals surface area (Å²) in [5, 5.41) is 0.746. The molecular formula is C17H27ClN2. The third-order valence-electron chi connectivity index (χ3n) is 4.20. The zero-order chi connectivity index (χ0) is 14.5. The number of anilines is 1. The number of rotatable bonds is 6. The van der Waals surface area contributed by atoms with Gasteiger partial charge in [0.15, 0.2) is 0 Å². The van der Waals surface area contributed by atoms with Crippen molar-refractivity contribution < 1.29 is 0 Å². The van der Waals surface area contributed by atoms with Gasteiger partial charge in [-0.3, -0.25) is 4.90 Å². The van der Waals surface area contributed by atoms with E-state index in [0.29, 0.717) is 0 Å². The van der Waals surface area contributed by atoms with Crippen LogP contribution in [0, 0.1) is 5.92 Å². The third kappa shape index (κ3) is 4.68. The minimum Gasteiger partial charge on any atom is -0.399 e. The van der Waals surface area contributed by atoms with Gasteiger partial charge in [0.05, 0.1) is 0 Å². The summed E-state index contributed by atoms with van der Waals surface area (Å²) in [6, 6.07) is 6.67. The van der Waals surface area contributed by atoms with Crippen molar-refractivity contribution in [1.82, 2.24) is 4.90 Å². The van der Waals surface area contributed by atoms with E-state index < -0.39 is 0 Å². The van der Waals surface area contributed by atoms with Gasteiger partial charge in [0.1, 0.15) is 0 Å². The first kappa shape index (κ1) is 15.7. The van der Waals surface area contributed by atoms with Crippen LogP contribution in [0.1, 0.15) is 51.5 Å². The van der Waals surface area contributed by atoms with Gasteiger partial charge in [0, 0.05) is 23.3 Å². The Morgan fingerprint density at radius 3 is 2.55 bits per heavy atom. The van der Waals surface area contributed by atoms with Crippen molar-refractivity contribution in [3.05, 3.63) is 28.8 Å². The van der Waals surface area contributed by atoms with Crippen LogP contribution in [0.4, 0.5) is 5.69 Å². The highest BCUT2D eigenvalue weighted by Crippen LogP contribution is 2.27. The number of hydrogen-bond acceptors (Lipinski definition) is 2. The van der Waals surface area contributed by atoms with Crippen molar-refractivity contribution in [3.8, 4) is 0 Å². The maximum absolute atomic E-state index is 6.12. The van der Waals surface area contributed by atoms with Crippen LogP contribution in [0.15, 0.2) is 18.2 Å². The van der Waals surface area contributed by atoms with E-state index in [1.54, 1.807) is 0 Å². The Morgan fingerprint density at radius 1 is 1.25 bits per heavy atom. The molecule has 1 aromatic carbocycles. The van der Waals surface area contributed by atoms with E-state index in [9.17, 15) is 0 Å². The third-order valence-corrected chi connectivity index (χ3v) is 4.42. The van der Waals surface area contributed by atoms with Gasteiger partial charge in [-0.15, -0.1) is 0 Å². The molecule has 20 heavy (non-hydrogen) atoms. The second-order valence-corrected chi connectivity index (χ2v) is 6.92. The number of nitrogens with zero attached hydrogens (tertiary/aromatic N) is 1. The molecule has 1 aliphatic rings. The van der Waals surface area contributed by atoms with E-state index in [-0.39, 0.29) is 0 Å². The van der Waals surface area contributed by atoms with Crippen LogP contribution < -0.4 is 5.73 Å². The first-order valence-corrected chi connectivity index (χ1v) is 8.21. The molecule has 0 amide bonds. The molecule has 0 aromatic heterocycles. The molecule has 0 saturated heterocycles. The lowest BCUT2D eigenvalue weighted by Gasteiger charge is -2.29. The largest absolute Gasteiger partial charge is 0.399 e. The fraction of sp³-hybridized carbons (Fsp3) is 0.647. The summed E-state index contributed by atoms with van der Waals surface area (Å²) in [5.41, 5.74) is 7.92. The van der Waals surface area contributed by atoms with Crippen LogP contribution >= 0.6 is 11.6 Å². The Hall–Kier alpha value is -0.730. The van der Waals surface area contributed by atoms with Crippen molar-refractivity contribution in [3.63, 3.8) is 0 Å². The topological polar surface area (TPSA) is 29.3 Å². The zero-order valence-electron chi connectivity index (χ0n) is 12.7. The molecule has 2 N–H and O–H groups in total. The van der Waals surface area contributed by atoms with Crippen LogP contribution in [0.25, 0.3) is 0 Å². The number of halogens is 1. The Balaban J connectivity index is 2.05. The smallest absolute Gasteiger partial charge is 0.0429 e. The van der Waals surface area contributed by atoms with Gasteiger partial charge >= 0.3 is 0 Å². The van der Waals surface area contributed by atoms with Crippen molar-refractivity contribution in [2.45, 2.75) is 58.5 Å². The fourth-order valence-electron chi connectivity index (χ4n) is 3.09. The van der Waals surface area contributed by atoms with E-state index in [2.05, 4.69) is 30.9 Å². The first-order valence-electron chi connectivity index (χ1n) is 7.83. The number of nitrogen functional groups attached to an aromatic ring is 1. The molecule has 1 fully saturated rings. The van der Waals surface area contributed by atoms with Crippen LogP contribution in [0.5, 0.6) is 0 Å². The molecule has 0 spiro atoms. The highest BCUT2D eigenvalue weighted by molar-refractivity contribution is 6.30. The molecule has 3 heteroatoms. The van der Waals surface area contributed by atoms with Gasteiger partial charge in [-0.1, -0.05) is 38.3 Å². The van der Waals surface area contributed by atoms with Crippen LogP contribution in [-0.2, 0) is 6.54 Å². The Morgan fingerprint density at radius 2 is 1.95 bits per heavy atom. The van der Waals surface area contributed by atoms with E-state index in [0.717, 1.165) is 29.2 Å². The quantitative estimate of drug-likeness (QED) is 0.770. The number of benzene rings is 1. The second-order valence-electron chi connectivity index (χ2n) is 6.48. The minimum absolute atomic E-state index is 0.744. The Labute approximate surface area is 128 Å². The molecular weight excluding hydrogens is 268 g/mol. The highest BCUT2D eigenvalue weighted by Gasteiger charge is 2.22. The SMILES string of the molecule is CC(C)CCN(Cc1cc(N)cc(Cl)c1)C1CCCC1. The molecule has 112 valence electrons. The van der Waals surface area contributed by atoms with Gasteiger partial charge in [0.2, 0.25) is 0 Å². The van der Waals surface area contributed by atoms with Gasteiger partial charge in [-0.25, -0.2) is 0 Å². The van der Waals surface area contributed by atoms with Crippen LogP contribution in [0.2, 0.25) is 5.02 Å². The molecule has 0 heterocycles. The van der Waals surface area contributed by atoms with Gasteiger partial charge in [-0.05, 0) is 55.5 Å². The maximum Gasteiger partial charge on any atom is 0.0429 e. The molecule has 1 aliphatic carbocycles. The summed E-state index contributed by atoms with van der Waals surface area (Å²) in [7, 11) is 0. The monoisotopic (exact) mass is 294 g/mol. The predicted octanol–water partition coefficient (Wildman–Crippen LogP) is 4.71. The molecule has 2 nitrogen and oxygen atoms in total. The lowest BCUT2D eigenvalue weighted by molar-refractivity contribution is 0.179. The molecule has 0 aliphatic heterocycles. The summed E-state index contributed by atoms with van der Waals surface area (Å²) in [6.07, 6.45) is 6.69. The normalized spacial score (nSPS) is 16.4. The van der Waals surface area contributed by atoms with Gasteiger partial charge in [0.25, 0.3) is 0 Å². The molecule has 2 rings (SSSR count). The standard InChI is InChI=1S/C17H27ClN2/c1-13(2)7-8-20(17-5-3-4-6-17)12-14-9-15(18)11-16(19)10-14/h9-11,13,17H,3-8,12,19H2,1-2H3. The second kappa shape index (κ2) is 7.33. The molecule has 0 unspecified atom stereocenters. The van der Waals surface area contributed by atoms with Crippen molar-refractivity contribution >= 4 is 17.3 Å². The summed E-state index contributed by atoms with van der Waals surface area (Å²) < 4.78 is 0. The van der Waals surface area contributed by atoms with E-state index >= 15 is 0 Å². The summed E-state index contributed by atoms with van der Waals surface area (Å²) in [4.78, 5) is 2.64. The van der Waals surface area contributed by atoms with Crippen LogP contribution in [0.3, 0.4) is 0 Å². The zero-order valence-corrected chi connectivity index (χ0v) is 13.5. The first-order chi connectivity index (χ1) is 9.54. The average molecular weight is 295 g/mol. The maximum atomic E-state index is 6.12. The van der Waals surface area contributed by atoms with Crippen molar-refractivity contribution in [2.75, 3.05) is 12.3 Å². The van der Waals surface area contributed by atoms with Gasteiger partial charge in [-0.2, -0.15) is 0 Å². The number of hydrogen-bond donors (Lipinski definition) is 1. The van der Waals surface area contributed by atoms with Crippen molar-refractivity contribution in [2.24, 2.45) is 5.92 Å². The lowest BCUT2D eigenvalue weighted by atomic mass is 10.1. The van der Waals surface area contributed by atoms with E-state index in [1.165, 1.54) is 44.2 Å². The molecule has 0 bridgehead atoms. The molecule has 1 saturated carbocycles. The van der Waals surface area contributed by atoms with Crippen molar-refractivity contribution in [1.29, 1.82) is 0 Å². The Bertz CT molecular complexity index is 405. The Kier molecular flexibility index (Phi) is 5.74.